The molecule has 2 aromatic carbocycles. The Kier molecular flexibility index (Phi) is 5.14. The van der Waals surface area contributed by atoms with Gasteiger partial charge in [-0.3, -0.25) is 9.69 Å². The van der Waals surface area contributed by atoms with Gasteiger partial charge in [0.2, 0.25) is 0 Å². The lowest BCUT2D eigenvalue weighted by atomic mass is 9.89. The molecule has 1 saturated heterocycles. The van der Waals surface area contributed by atoms with Crippen LogP contribution in [0.3, 0.4) is 0 Å². The van der Waals surface area contributed by atoms with E-state index in [1.165, 1.54) is 0 Å². The molecule has 140 valence electrons. The number of Topliss-reactive ketones (excluding diaryl/α,β-unsaturated/α-hetero) is 1. The van der Waals surface area contributed by atoms with Crippen LogP contribution in [0.2, 0.25) is 5.02 Å². The number of nitrogens with one attached hydrogen (secondary N) is 1. The molecule has 1 fully saturated rings. The van der Waals surface area contributed by atoms with E-state index in [2.05, 4.69) is 14.9 Å². The number of benzene rings is 2. The molecule has 4 rings (SSSR count). The number of aromatic nitrogens is 2. The summed E-state index contributed by atoms with van der Waals surface area (Å²) in [6.45, 7) is 2.39. The van der Waals surface area contributed by atoms with Crippen LogP contribution in [0.1, 0.15) is 29.0 Å². The average molecular weight is 384 g/mol. The van der Waals surface area contributed by atoms with Gasteiger partial charge in [0.05, 0.1) is 30.3 Å². The van der Waals surface area contributed by atoms with Crippen LogP contribution in [0.5, 0.6) is 5.75 Å². The van der Waals surface area contributed by atoms with Crippen molar-refractivity contribution in [2.45, 2.75) is 19.4 Å². The Labute approximate surface area is 163 Å². The van der Waals surface area contributed by atoms with Gasteiger partial charge in [0.25, 0.3) is 0 Å². The molecule has 1 N–H and O–H groups in total. The van der Waals surface area contributed by atoms with E-state index in [0.29, 0.717) is 29.4 Å². The number of H-pyrrole nitrogens is 1. The van der Waals surface area contributed by atoms with E-state index in [4.69, 9.17) is 16.3 Å². The van der Waals surface area contributed by atoms with E-state index in [0.717, 1.165) is 36.2 Å². The Morgan fingerprint density at radius 1 is 1.33 bits per heavy atom. The molecule has 0 aliphatic carbocycles. The molecule has 27 heavy (non-hydrogen) atoms. The fraction of sp³-hybridized carbons (Fsp3) is 0.333. The van der Waals surface area contributed by atoms with Gasteiger partial charge in [0, 0.05) is 17.5 Å². The van der Waals surface area contributed by atoms with Crippen LogP contribution in [0.25, 0.3) is 11.0 Å². The first-order chi connectivity index (χ1) is 13.1. The fourth-order valence-corrected chi connectivity index (χ4v) is 3.97. The van der Waals surface area contributed by atoms with Gasteiger partial charge < -0.3 is 9.72 Å². The number of imidazole rings is 1. The van der Waals surface area contributed by atoms with E-state index in [1.807, 2.05) is 24.3 Å². The van der Waals surface area contributed by atoms with Gasteiger partial charge in [0.15, 0.2) is 5.78 Å². The molecule has 1 atom stereocenters. The SMILES string of the molecule is COc1ccc(Cl)cc1C(=O)C1CCCN(Cc2nc3ccccc3[nH]2)C1. The molecular weight excluding hydrogens is 362 g/mol. The number of rotatable bonds is 5. The van der Waals surface area contributed by atoms with Crippen molar-refractivity contribution in [2.75, 3.05) is 20.2 Å². The zero-order valence-electron chi connectivity index (χ0n) is 15.2. The van der Waals surface area contributed by atoms with E-state index >= 15 is 0 Å². The highest BCUT2D eigenvalue weighted by Gasteiger charge is 2.29. The predicted octanol–water partition coefficient (Wildman–Crippen LogP) is 4.32. The zero-order valence-corrected chi connectivity index (χ0v) is 16.0. The molecular formula is C21H22ClN3O2. The minimum Gasteiger partial charge on any atom is -0.496 e. The first kappa shape index (κ1) is 18.0. The normalized spacial score (nSPS) is 17.9. The molecule has 2 heterocycles. The summed E-state index contributed by atoms with van der Waals surface area (Å²) < 4.78 is 5.36. The van der Waals surface area contributed by atoms with Gasteiger partial charge in [-0.05, 0) is 49.7 Å². The number of methoxy groups -OCH3 is 1. The number of ketones is 1. The van der Waals surface area contributed by atoms with E-state index in [1.54, 1.807) is 25.3 Å². The second-order valence-electron chi connectivity index (χ2n) is 6.98. The number of piperidine rings is 1. The molecule has 1 aromatic heterocycles. The van der Waals surface area contributed by atoms with Crippen molar-refractivity contribution in [3.05, 3.63) is 58.9 Å². The molecule has 0 bridgehead atoms. The maximum atomic E-state index is 13.1. The number of carbonyl (C=O) groups excluding carboxylic acids is 1. The molecule has 3 aromatic rings. The number of fused-ring (bicyclic) bond motifs is 1. The summed E-state index contributed by atoms with van der Waals surface area (Å²) in [6, 6.07) is 13.2. The number of hydrogen-bond acceptors (Lipinski definition) is 4. The average Bonchev–Trinajstić information content (AvgIpc) is 3.09. The monoisotopic (exact) mass is 383 g/mol. The highest BCUT2D eigenvalue weighted by atomic mass is 35.5. The predicted molar refractivity (Wildman–Crippen MR) is 106 cm³/mol. The zero-order chi connectivity index (χ0) is 18.8. The van der Waals surface area contributed by atoms with E-state index in [-0.39, 0.29) is 11.7 Å². The summed E-state index contributed by atoms with van der Waals surface area (Å²) >= 11 is 6.10. The quantitative estimate of drug-likeness (QED) is 0.666. The lowest BCUT2D eigenvalue weighted by Crippen LogP contribution is -2.38. The van der Waals surface area contributed by atoms with Crippen LogP contribution in [0.15, 0.2) is 42.5 Å². The molecule has 1 aliphatic heterocycles. The summed E-state index contributed by atoms with van der Waals surface area (Å²) in [5.74, 6) is 1.56. The topological polar surface area (TPSA) is 58.2 Å². The summed E-state index contributed by atoms with van der Waals surface area (Å²) in [7, 11) is 1.58. The van der Waals surface area contributed by atoms with Crippen molar-refractivity contribution in [3.8, 4) is 5.75 Å². The van der Waals surface area contributed by atoms with Crippen molar-refractivity contribution in [3.63, 3.8) is 0 Å². The summed E-state index contributed by atoms with van der Waals surface area (Å²) in [6.07, 6.45) is 1.87. The van der Waals surface area contributed by atoms with Crippen LogP contribution >= 0.6 is 11.6 Å². The number of hydrogen-bond donors (Lipinski definition) is 1. The van der Waals surface area contributed by atoms with Gasteiger partial charge in [-0.25, -0.2) is 4.98 Å². The Hall–Kier alpha value is -2.37. The van der Waals surface area contributed by atoms with Crippen molar-refractivity contribution < 1.29 is 9.53 Å². The highest BCUT2D eigenvalue weighted by Crippen LogP contribution is 2.29. The molecule has 0 radical (unpaired) electrons. The molecule has 0 spiro atoms. The highest BCUT2D eigenvalue weighted by molar-refractivity contribution is 6.31. The number of aromatic amines is 1. The minimum absolute atomic E-state index is 0.0597. The third-order valence-electron chi connectivity index (χ3n) is 5.12. The van der Waals surface area contributed by atoms with E-state index < -0.39 is 0 Å². The maximum absolute atomic E-state index is 13.1. The second-order valence-corrected chi connectivity index (χ2v) is 7.42. The van der Waals surface area contributed by atoms with Gasteiger partial charge in [0.1, 0.15) is 11.6 Å². The summed E-state index contributed by atoms with van der Waals surface area (Å²) in [5.41, 5.74) is 2.59. The van der Waals surface area contributed by atoms with Crippen molar-refractivity contribution in [1.82, 2.24) is 14.9 Å². The molecule has 1 unspecified atom stereocenters. The van der Waals surface area contributed by atoms with Crippen LogP contribution in [-0.2, 0) is 6.54 Å². The molecule has 1 aliphatic rings. The number of halogens is 1. The number of nitrogens with zero attached hydrogens (tertiary/aromatic N) is 2. The fourth-order valence-electron chi connectivity index (χ4n) is 3.80. The Morgan fingerprint density at radius 2 is 2.19 bits per heavy atom. The van der Waals surface area contributed by atoms with Gasteiger partial charge in [-0.15, -0.1) is 0 Å². The number of ether oxygens (including phenoxy) is 1. The lowest BCUT2D eigenvalue weighted by Gasteiger charge is -2.31. The third kappa shape index (κ3) is 3.84. The first-order valence-electron chi connectivity index (χ1n) is 9.18. The van der Waals surface area contributed by atoms with Gasteiger partial charge in [-0.2, -0.15) is 0 Å². The summed E-state index contributed by atoms with van der Waals surface area (Å²) in [5, 5.41) is 0.550. The van der Waals surface area contributed by atoms with Crippen LogP contribution < -0.4 is 4.74 Å². The lowest BCUT2D eigenvalue weighted by molar-refractivity contribution is 0.0806. The van der Waals surface area contributed by atoms with Crippen molar-refractivity contribution in [2.24, 2.45) is 5.92 Å². The Balaban J connectivity index is 1.49. The van der Waals surface area contributed by atoms with Crippen molar-refractivity contribution in [1.29, 1.82) is 0 Å². The Bertz CT molecular complexity index is 936. The second kappa shape index (κ2) is 7.71. The van der Waals surface area contributed by atoms with Gasteiger partial charge in [-0.1, -0.05) is 23.7 Å². The smallest absolute Gasteiger partial charge is 0.170 e. The minimum atomic E-state index is -0.0597. The maximum Gasteiger partial charge on any atom is 0.170 e. The van der Waals surface area contributed by atoms with Crippen LogP contribution in [0, 0.1) is 5.92 Å². The molecule has 0 amide bonds. The number of carbonyl (C=O) groups is 1. The molecule has 6 heteroatoms. The number of para-hydroxylation sites is 2. The molecule has 0 saturated carbocycles. The summed E-state index contributed by atoms with van der Waals surface area (Å²) in [4.78, 5) is 23.4. The van der Waals surface area contributed by atoms with Gasteiger partial charge >= 0.3 is 0 Å². The Morgan fingerprint density at radius 3 is 3.00 bits per heavy atom. The van der Waals surface area contributed by atoms with Crippen LogP contribution in [-0.4, -0.2) is 40.9 Å². The third-order valence-corrected chi connectivity index (χ3v) is 5.35. The first-order valence-corrected chi connectivity index (χ1v) is 9.55. The number of likely N-dealkylation sites (tertiary alicyclic amines) is 1. The van der Waals surface area contributed by atoms with E-state index in [9.17, 15) is 4.79 Å². The van der Waals surface area contributed by atoms with Crippen LogP contribution in [0.4, 0.5) is 0 Å². The molecule has 5 nitrogen and oxygen atoms in total. The van der Waals surface area contributed by atoms with Crippen molar-refractivity contribution >= 4 is 28.4 Å². The largest absolute Gasteiger partial charge is 0.496 e. The standard InChI is InChI=1S/C21H22ClN3O2/c1-27-19-9-8-15(22)11-16(19)21(26)14-5-4-10-25(12-14)13-20-23-17-6-2-3-7-18(17)24-20/h2-3,6-9,11,14H,4-5,10,12-13H2,1H3,(H,23,24).